The summed E-state index contributed by atoms with van der Waals surface area (Å²) in [5.41, 5.74) is 0.282. The predicted molar refractivity (Wildman–Crippen MR) is 111 cm³/mol. The normalized spacial score (nSPS) is 24.4. The number of piperidine rings is 1. The minimum Gasteiger partial charge on any atom is -0.481 e. The second kappa shape index (κ2) is 8.55. The number of nitrogens with one attached hydrogen (secondary N) is 1. The molecule has 30 heavy (non-hydrogen) atoms. The summed E-state index contributed by atoms with van der Waals surface area (Å²) < 4.78 is 33.3. The van der Waals surface area contributed by atoms with Crippen molar-refractivity contribution in [3.05, 3.63) is 29.8 Å². The minimum absolute atomic E-state index is 0.0168. The van der Waals surface area contributed by atoms with E-state index in [0.29, 0.717) is 19.5 Å². The molecule has 0 bridgehead atoms. The molecule has 1 aromatic rings. The molecule has 8 nitrogen and oxygen atoms in total. The average molecular weight is 439 g/mol. The number of aliphatic carboxylic acids is 1. The molecule has 2 N–H and O–H groups in total. The Hall–Kier alpha value is -2.13. The van der Waals surface area contributed by atoms with Gasteiger partial charge in [0.2, 0.25) is 10.0 Å². The van der Waals surface area contributed by atoms with Gasteiger partial charge in [-0.05, 0) is 69.6 Å². The lowest BCUT2D eigenvalue weighted by atomic mass is 9.99. The smallest absolute Gasteiger partial charge is 0.410 e. The molecule has 166 valence electrons. The number of carbonyl (C=O) groups is 2. The summed E-state index contributed by atoms with van der Waals surface area (Å²) in [4.78, 5) is 25.1. The van der Waals surface area contributed by atoms with Crippen LogP contribution >= 0.6 is 0 Å². The maximum absolute atomic E-state index is 12.6. The number of carboxylic acids is 1. The number of ether oxygens (including phenoxy) is 1. The molecule has 0 aromatic heterocycles. The minimum atomic E-state index is -3.68. The summed E-state index contributed by atoms with van der Waals surface area (Å²) in [6, 6.07) is 6.41. The molecule has 1 saturated heterocycles. The Morgan fingerprint density at radius 2 is 1.90 bits per heavy atom. The fourth-order valence-electron chi connectivity index (χ4n) is 3.77. The Morgan fingerprint density at radius 1 is 1.23 bits per heavy atom. The number of nitrogens with zero attached hydrogens (tertiary/aromatic N) is 1. The summed E-state index contributed by atoms with van der Waals surface area (Å²) in [5, 5.41) is 9.03. The number of hydrogen-bond acceptors (Lipinski definition) is 5. The third-order valence-electron chi connectivity index (χ3n) is 5.46. The first-order valence-corrected chi connectivity index (χ1v) is 11.7. The fraction of sp³-hybridized carbons (Fsp3) is 0.619. The van der Waals surface area contributed by atoms with E-state index < -0.39 is 21.6 Å². The average Bonchev–Trinajstić information content (AvgIpc) is 3.47. The maximum Gasteiger partial charge on any atom is 0.410 e. The van der Waals surface area contributed by atoms with Crippen LogP contribution in [0.4, 0.5) is 4.79 Å². The molecule has 1 aliphatic carbocycles. The Balaban J connectivity index is 1.54. The highest BCUT2D eigenvalue weighted by molar-refractivity contribution is 7.89. The molecule has 1 aromatic carbocycles. The van der Waals surface area contributed by atoms with E-state index in [-0.39, 0.29) is 35.3 Å². The SMILES string of the molecule is CC(C)(C)OC(=O)N1CCC[C@H](CNS(=O)(=O)c2ccc([C@@H]3C[C@H]3C(=O)O)cc2)C1. The van der Waals surface area contributed by atoms with Crippen LogP contribution in [0.1, 0.15) is 51.5 Å². The van der Waals surface area contributed by atoms with Crippen LogP contribution in [-0.2, 0) is 19.6 Å². The van der Waals surface area contributed by atoms with E-state index in [4.69, 9.17) is 9.84 Å². The van der Waals surface area contributed by atoms with Crippen LogP contribution < -0.4 is 4.72 Å². The number of amides is 1. The summed E-state index contributed by atoms with van der Waals surface area (Å²) in [6.07, 6.45) is 1.85. The van der Waals surface area contributed by atoms with Gasteiger partial charge in [0, 0.05) is 19.6 Å². The number of rotatable bonds is 6. The van der Waals surface area contributed by atoms with Crippen LogP contribution in [0.2, 0.25) is 0 Å². The molecule has 2 fully saturated rings. The molecule has 3 rings (SSSR count). The summed E-state index contributed by atoms with van der Waals surface area (Å²) in [6.45, 7) is 6.75. The van der Waals surface area contributed by atoms with Crippen molar-refractivity contribution in [2.24, 2.45) is 11.8 Å². The van der Waals surface area contributed by atoms with Gasteiger partial charge in [0.25, 0.3) is 0 Å². The number of sulfonamides is 1. The standard InChI is InChI=1S/C21H30N2O6S/c1-21(2,3)29-20(26)23-10-4-5-14(13-23)12-22-30(27,28)16-8-6-15(7-9-16)17-11-18(17)19(24)25/h6-9,14,17-18,22H,4-5,10-13H2,1-3H3,(H,24,25)/t14-,17+,18-/m1/s1. The molecule has 2 aliphatic rings. The van der Waals surface area contributed by atoms with Crippen molar-refractivity contribution < 1.29 is 27.9 Å². The van der Waals surface area contributed by atoms with Crippen LogP contribution in [0.25, 0.3) is 0 Å². The molecule has 1 saturated carbocycles. The van der Waals surface area contributed by atoms with Gasteiger partial charge in [0.15, 0.2) is 0 Å². The zero-order chi connectivity index (χ0) is 22.1. The van der Waals surface area contributed by atoms with E-state index in [1.807, 2.05) is 20.8 Å². The Bertz CT molecular complexity index is 891. The lowest BCUT2D eigenvalue weighted by Gasteiger charge is -2.34. The Morgan fingerprint density at radius 3 is 2.47 bits per heavy atom. The number of benzene rings is 1. The van der Waals surface area contributed by atoms with E-state index >= 15 is 0 Å². The molecular formula is C21H30N2O6S. The van der Waals surface area contributed by atoms with Gasteiger partial charge in [-0.25, -0.2) is 17.9 Å². The number of carbonyl (C=O) groups excluding carboxylic acids is 1. The Labute approximate surface area is 177 Å². The molecule has 1 heterocycles. The van der Waals surface area contributed by atoms with Crippen LogP contribution in [0.15, 0.2) is 29.2 Å². The molecule has 0 radical (unpaired) electrons. The zero-order valence-corrected chi connectivity index (χ0v) is 18.4. The molecule has 9 heteroatoms. The van der Waals surface area contributed by atoms with Crippen LogP contribution in [-0.4, -0.2) is 55.7 Å². The number of hydrogen-bond donors (Lipinski definition) is 2. The van der Waals surface area contributed by atoms with Crippen molar-refractivity contribution in [3.63, 3.8) is 0 Å². The quantitative estimate of drug-likeness (QED) is 0.706. The molecule has 3 atom stereocenters. The Kier molecular flexibility index (Phi) is 6.43. The molecule has 0 spiro atoms. The molecule has 1 aliphatic heterocycles. The monoisotopic (exact) mass is 438 g/mol. The fourth-order valence-corrected chi connectivity index (χ4v) is 4.88. The maximum atomic E-state index is 12.6. The van der Waals surface area contributed by atoms with Crippen molar-refractivity contribution in [2.75, 3.05) is 19.6 Å². The molecule has 0 unspecified atom stereocenters. The summed E-state index contributed by atoms with van der Waals surface area (Å²) in [7, 11) is -3.68. The number of carboxylic acid groups (broad SMARTS) is 1. The first-order valence-electron chi connectivity index (χ1n) is 10.3. The summed E-state index contributed by atoms with van der Waals surface area (Å²) >= 11 is 0. The first kappa shape index (κ1) is 22.6. The van der Waals surface area contributed by atoms with Crippen molar-refractivity contribution in [1.82, 2.24) is 9.62 Å². The third-order valence-corrected chi connectivity index (χ3v) is 6.90. The third kappa shape index (κ3) is 5.72. The molecule has 1 amide bonds. The van der Waals surface area contributed by atoms with Crippen LogP contribution in [0.3, 0.4) is 0 Å². The van der Waals surface area contributed by atoms with Gasteiger partial charge in [0.1, 0.15) is 5.60 Å². The van der Waals surface area contributed by atoms with Gasteiger partial charge in [-0.15, -0.1) is 0 Å². The van der Waals surface area contributed by atoms with E-state index in [0.717, 1.165) is 18.4 Å². The second-order valence-electron chi connectivity index (χ2n) is 9.14. The second-order valence-corrected chi connectivity index (χ2v) is 10.9. The van der Waals surface area contributed by atoms with Gasteiger partial charge in [0.05, 0.1) is 10.8 Å². The highest BCUT2D eigenvalue weighted by Crippen LogP contribution is 2.47. The highest BCUT2D eigenvalue weighted by Gasteiger charge is 2.44. The lowest BCUT2D eigenvalue weighted by Crippen LogP contribution is -2.45. The zero-order valence-electron chi connectivity index (χ0n) is 17.6. The molecular weight excluding hydrogens is 408 g/mol. The van der Waals surface area contributed by atoms with E-state index in [1.165, 1.54) is 12.1 Å². The summed E-state index contributed by atoms with van der Waals surface area (Å²) in [5.74, 6) is -1.20. The van der Waals surface area contributed by atoms with Crippen molar-refractivity contribution in [2.45, 2.75) is 56.4 Å². The van der Waals surface area contributed by atoms with Gasteiger partial charge in [-0.3, -0.25) is 4.79 Å². The first-order chi connectivity index (χ1) is 14.0. The lowest BCUT2D eigenvalue weighted by molar-refractivity contribution is -0.138. The van der Waals surface area contributed by atoms with Crippen LogP contribution in [0.5, 0.6) is 0 Å². The van der Waals surface area contributed by atoms with Crippen molar-refractivity contribution >= 4 is 22.1 Å². The predicted octanol–water partition coefficient (Wildman–Crippen LogP) is 2.80. The number of likely N-dealkylation sites (tertiary alicyclic amines) is 1. The van der Waals surface area contributed by atoms with Crippen LogP contribution in [0, 0.1) is 11.8 Å². The van der Waals surface area contributed by atoms with Crippen molar-refractivity contribution in [3.8, 4) is 0 Å². The largest absolute Gasteiger partial charge is 0.481 e. The van der Waals surface area contributed by atoms with Gasteiger partial charge >= 0.3 is 12.1 Å². The van der Waals surface area contributed by atoms with E-state index in [1.54, 1.807) is 17.0 Å². The highest BCUT2D eigenvalue weighted by atomic mass is 32.2. The van der Waals surface area contributed by atoms with Gasteiger partial charge < -0.3 is 14.7 Å². The van der Waals surface area contributed by atoms with Crippen molar-refractivity contribution in [1.29, 1.82) is 0 Å². The van der Waals surface area contributed by atoms with Gasteiger partial charge in [-0.1, -0.05) is 12.1 Å². The van der Waals surface area contributed by atoms with Gasteiger partial charge in [-0.2, -0.15) is 0 Å². The topological polar surface area (TPSA) is 113 Å². The van der Waals surface area contributed by atoms with E-state index in [2.05, 4.69) is 4.72 Å². The van der Waals surface area contributed by atoms with E-state index in [9.17, 15) is 18.0 Å².